The van der Waals surface area contributed by atoms with E-state index in [0.29, 0.717) is 24.7 Å². The average molecular weight is 499 g/mol. The maximum absolute atomic E-state index is 11.9. The van der Waals surface area contributed by atoms with Gasteiger partial charge in [0.1, 0.15) is 11.9 Å². The van der Waals surface area contributed by atoms with Crippen molar-refractivity contribution in [3.8, 4) is 0 Å². The molecule has 4 rings (SSSR count). The summed E-state index contributed by atoms with van der Waals surface area (Å²) >= 11 is 3.55. The summed E-state index contributed by atoms with van der Waals surface area (Å²) < 4.78 is 5.76. The Labute approximate surface area is 196 Å². The number of ether oxygens (including phenoxy) is 1. The zero-order valence-corrected chi connectivity index (χ0v) is 19.6. The summed E-state index contributed by atoms with van der Waals surface area (Å²) in [7, 11) is 1.38. The minimum Gasteiger partial charge on any atom is -0.469 e. The van der Waals surface area contributed by atoms with Crippen molar-refractivity contribution >= 4 is 39.1 Å². The first-order chi connectivity index (χ1) is 15.5. The largest absolute Gasteiger partial charge is 0.469 e. The standard InChI is InChI=1S/C24H27BrN4O3/c1-32-22(31)11-10-20-24(27-14-21(30)15-5-4-6-15)29-18-9-8-16(25)13-17(18)23(28-20)19-7-2-3-12-26-19/h2-3,7-9,12-13,15,20-21,30H,4-6,10-11,14H2,1H3,(H,27,29)/t20-,21?/m0/s1. The number of hydrogen-bond donors (Lipinski definition) is 2. The second-order valence-electron chi connectivity index (χ2n) is 8.12. The van der Waals surface area contributed by atoms with E-state index in [4.69, 9.17) is 14.7 Å². The first-order valence-corrected chi connectivity index (χ1v) is 11.7. The Morgan fingerprint density at radius 2 is 2.16 bits per heavy atom. The average Bonchev–Trinajstić information content (AvgIpc) is 2.92. The second-order valence-corrected chi connectivity index (χ2v) is 9.04. The molecule has 1 aliphatic carbocycles. The third-order valence-electron chi connectivity index (χ3n) is 6.00. The van der Waals surface area contributed by atoms with E-state index in [1.165, 1.54) is 13.5 Å². The number of hydrogen-bond acceptors (Lipinski definition) is 7. The number of aliphatic imine (C=N–C) groups is 2. The fourth-order valence-corrected chi connectivity index (χ4v) is 4.27. The van der Waals surface area contributed by atoms with Gasteiger partial charge < -0.3 is 15.2 Å². The molecule has 168 valence electrons. The molecule has 2 atom stereocenters. The molecule has 7 nitrogen and oxygen atoms in total. The van der Waals surface area contributed by atoms with Gasteiger partial charge >= 0.3 is 5.97 Å². The van der Waals surface area contributed by atoms with Crippen LogP contribution in [0.2, 0.25) is 0 Å². The molecule has 1 aliphatic heterocycles. The summed E-state index contributed by atoms with van der Waals surface area (Å²) in [4.78, 5) is 26.3. The maximum atomic E-state index is 11.9. The normalized spacial score (nSPS) is 19.0. The lowest BCUT2D eigenvalue weighted by atomic mass is 9.81. The molecule has 0 spiro atoms. The number of nitrogens with zero attached hydrogens (tertiary/aromatic N) is 3. The van der Waals surface area contributed by atoms with Crippen LogP contribution in [0.4, 0.5) is 5.69 Å². The van der Waals surface area contributed by atoms with Crippen LogP contribution in [0.3, 0.4) is 0 Å². The number of aliphatic hydroxyl groups excluding tert-OH is 1. The molecule has 1 saturated carbocycles. The molecule has 1 aromatic carbocycles. The van der Waals surface area contributed by atoms with Crippen molar-refractivity contribution < 1.29 is 14.6 Å². The number of esters is 1. The summed E-state index contributed by atoms with van der Waals surface area (Å²) in [5.74, 6) is 0.679. The summed E-state index contributed by atoms with van der Waals surface area (Å²) in [6, 6.07) is 11.2. The predicted octanol–water partition coefficient (Wildman–Crippen LogP) is 3.80. The van der Waals surface area contributed by atoms with Gasteiger partial charge in [0, 0.05) is 29.2 Å². The number of aromatic nitrogens is 1. The van der Waals surface area contributed by atoms with Crippen molar-refractivity contribution in [2.24, 2.45) is 15.9 Å². The van der Waals surface area contributed by atoms with Crippen LogP contribution >= 0.6 is 15.9 Å². The van der Waals surface area contributed by atoms with Crippen molar-refractivity contribution in [2.75, 3.05) is 13.7 Å². The van der Waals surface area contributed by atoms with E-state index in [-0.39, 0.29) is 12.4 Å². The molecule has 0 saturated heterocycles. The minimum absolute atomic E-state index is 0.214. The van der Waals surface area contributed by atoms with Crippen molar-refractivity contribution in [3.05, 3.63) is 58.3 Å². The number of carbonyl (C=O) groups excluding carboxylic acids is 1. The Hall–Kier alpha value is -2.58. The topological polar surface area (TPSA) is 96.2 Å². The first-order valence-electron chi connectivity index (χ1n) is 10.9. The molecular formula is C24H27BrN4O3. The highest BCUT2D eigenvalue weighted by atomic mass is 79.9. The van der Waals surface area contributed by atoms with Crippen LogP contribution in [0, 0.1) is 5.92 Å². The van der Waals surface area contributed by atoms with E-state index in [1.54, 1.807) is 6.20 Å². The van der Waals surface area contributed by atoms with E-state index in [0.717, 1.165) is 40.0 Å². The lowest BCUT2D eigenvalue weighted by molar-refractivity contribution is -0.140. The van der Waals surface area contributed by atoms with E-state index in [1.807, 2.05) is 36.4 Å². The molecule has 8 heteroatoms. The summed E-state index contributed by atoms with van der Waals surface area (Å²) in [6.45, 7) is 0.401. The fraction of sp³-hybridized carbons (Fsp3) is 0.417. The zero-order valence-electron chi connectivity index (χ0n) is 18.0. The zero-order chi connectivity index (χ0) is 22.5. The Morgan fingerprint density at radius 3 is 2.84 bits per heavy atom. The predicted molar refractivity (Wildman–Crippen MR) is 128 cm³/mol. The molecule has 2 aromatic rings. The number of amidine groups is 1. The highest BCUT2D eigenvalue weighted by Gasteiger charge is 2.28. The number of fused-ring (bicyclic) bond motifs is 1. The number of aliphatic hydroxyl groups is 1. The molecule has 0 bridgehead atoms. The van der Waals surface area contributed by atoms with Crippen LogP contribution in [0.1, 0.15) is 43.4 Å². The molecule has 2 aliphatic rings. The highest BCUT2D eigenvalue weighted by molar-refractivity contribution is 9.10. The van der Waals surface area contributed by atoms with Crippen LogP contribution < -0.4 is 5.32 Å². The third-order valence-corrected chi connectivity index (χ3v) is 6.49. The van der Waals surface area contributed by atoms with Gasteiger partial charge in [-0.3, -0.25) is 14.8 Å². The molecule has 2 heterocycles. The fourth-order valence-electron chi connectivity index (χ4n) is 3.91. The minimum atomic E-state index is -0.431. The number of carbonyl (C=O) groups is 1. The smallest absolute Gasteiger partial charge is 0.305 e. The Morgan fingerprint density at radius 1 is 1.31 bits per heavy atom. The van der Waals surface area contributed by atoms with Crippen LogP contribution in [-0.4, -0.2) is 53.4 Å². The third kappa shape index (κ3) is 5.24. The second kappa shape index (κ2) is 10.4. The van der Waals surface area contributed by atoms with Crippen molar-refractivity contribution in [3.63, 3.8) is 0 Å². The van der Waals surface area contributed by atoms with E-state index < -0.39 is 12.1 Å². The molecule has 0 amide bonds. The van der Waals surface area contributed by atoms with Crippen LogP contribution in [0.15, 0.2) is 57.1 Å². The van der Waals surface area contributed by atoms with Crippen LogP contribution in [0.25, 0.3) is 0 Å². The maximum Gasteiger partial charge on any atom is 0.305 e. The first kappa shape index (κ1) is 22.6. The van der Waals surface area contributed by atoms with Gasteiger partial charge in [-0.2, -0.15) is 0 Å². The highest BCUT2D eigenvalue weighted by Crippen LogP contribution is 2.31. The molecule has 0 radical (unpaired) electrons. The Bertz CT molecular complexity index is 1020. The Kier molecular flexibility index (Phi) is 7.32. The monoisotopic (exact) mass is 498 g/mol. The summed E-state index contributed by atoms with van der Waals surface area (Å²) in [6.07, 6.45) is 5.23. The SMILES string of the molecule is COC(=O)CC[C@@H]1N=C(c2ccccn2)c2cc(Br)ccc2N=C1NCC(O)C1CCC1. The van der Waals surface area contributed by atoms with Gasteiger partial charge in [0.2, 0.25) is 0 Å². The van der Waals surface area contributed by atoms with Gasteiger partial charge in [-0.25, -0.2) is 4.99 Å². The summed E-state index contributed by atoms with van der Waals surface area (Å²) in [5.41, 5.74) is 3.08. The van der Waals surface area contributed by atoms with E-state index in [9.17, 15) is 9.90 Å². The van der Waals surface area contributed by atoms with E-state index >= 15 is 0 Å². The molecule has 32 heavy (non-hydrogen) atoms. The number of methoxy groups -OCH3 is 1. The lowest BCUT2D eigenvalue weighted by Crippen LogP contribution is -2.42. The lowest BCUT2D eigenvalue weighted by Gasteiger charge is -2.31. The number of rotatable bonds is 7. The van der Waals surface area contributed by atoms with Gasteiger partial charge in [-0.1, -0.05) is 28.4 Å². The van der Waals surface area contributed by atoms with Crippen molar-refractivity contribution in [1.29, 1.82) is 0 Å². The molecule has 2 N–H and O–H groups in total. The van der Waals surface area contributed by atoms with Gasteiger partial charge in [-0.05, 0) is 55.5 Å². The van der Waals surface area contributed by atoms with E-state index in [2.05, 4.69) is 26.2 Å². The van der Waals surface area contributed by atoms with Crippen molar-refractivity contribution in [2.45, 2.75) is 44.2 Å². The van der Waals surface area contributed by atoms with Gasteiger partial charge in [0.25, 0.3) is 0 Å². The molecule has 1 aromatic heterocycles. The molecule has 1 unspecified atom stereocenters. The molecular weight excluding hydrogens is 472 g/mol. The summed E-state index contributed by atoms with van der Waals surface area (Å²) in [5, 5.41) is 13.9. The quantitative estimate of drug-likeness (QED) is 0.566. The number of benzene rings is 1. The van der Waals surface area contributed by atoms with Crippen LogP contribution in [0.5, 0.6) is 0 Å². The number of nitrogens with one attached hydrogen (secondary N) is 1. The molecule has 1 fully saturated rings. The van der Waals surface area contributed by atoms with Gasteiger partial charge in [0.05, 0.1) is 30.3 Å². The number of pyridine rings is 1. The Balaban J connectivity index is 1.71. The van der Waals surface area contributed by atoms with Gasteiger partial charge in [0.15, 0.2) is 0 Å². The van der Waals surface area contributed by atoms with Gasteiger partial charge in [-0.15, -0.1) is 0 Å². The number of halogens is 1. The van der Waals surface area contributed by atoms with Crippen molar-refractivity contribution in [1.82, 2.24) is 10.3 Å². The van der Waals surface area contributed by atoms with Crippen LogP contribution in [-0.2, 0) is 9.53 Å².